The van der Waals surface area contributed by atoms with Crippen LogP contribution in [-0.4, -0.2) is 28.4 Å². The summed E-state index contributed by atoms with van der Waals surface area (Å²) in [6.07, 6.45) is -1.74. The minimum Gasteiger partial charge on any atom is -0.363 e. The first kappa shape index (κ1) is 19.7. The van der Waals surface area contributed by atoms with E-state index in [0.717, 1.165) is 34.3 Å². The van der Waals surface area contributed by atoms with Gasteiger partial charge in [0, 0.05) is 18.7 Å². The van der Waals surface area contributed by atoms with Crippen LogP contribution in [0.15, 0.2) is 60.8 Å². The van der Waals surface area contributed by atoms with E-state index in [-0.39, 0.29) is 23.7 Å². The van der Waals surface area contributed by atoms with Crippen LogP contribution >= 0.6 is 0 Å². The SMILES string of the molecule is O=C(c1cnn2c1N[C@@H](c1ccccc1)C[C@@H]2C(F)(F)F)N1CCCc2ccccc21. The number of benzene rings is 2. The Kier molecular flexibility index (Phi) is 4.72. The van der Waals surface area contributed by atoms with Crippen LogP contribution in [0.2, 0.25) is 0 Å². The van der Waals surface area contributed by atoms with Gasteiger partial charge in [0.25, 0.3) is 5.91 Å². The Balaban J connectivity index is 1.55. The van der Waals surface area contributed by atoms with Gasteiger partial charge in [-0.3, -0.25) is 4.79 Å². The van der Waals surface area contributed by atoms with Crippen molar-refractivity contribution in [2.75, 3.05) is 16.8 Å². The van der Waals surface area contributed by atoms with Gasteiger partial charge in [0.1, 0.15) is 11.4 Å². The Hall–Kier alpha value is -3.29. The van der Waals surface area contributed by atoms with Crippen LogP contribution in [0.4, 0.5) is 24.7 Å². The first-order valence-electron chi connectivity index (χ1n) is 10.3. The van der Waals surface area contributed by atoms with Crippen molar-refractivity contribution in [1.82, 2.24) is 9.78 Å². The molecule has 8 heteroatoms. The zero-order valence-corrected chi connectivity index (χ0v) is 16.6. The summed E-state index contributed by atoms with van der Waals surface area (Å²) in [4.78, 5) is 15.1. The number of rotatable bonds is 2. The van der Waals surface area contributed by atoms with Gasteiger partial charge in [-0.2, -0.15) is 18.3 Å². The number of carbonyl (C=O) groups excluding carboxylic acids is 1. The van der Waals surface area contributed by atoms with Crippen LogP contribution in [0, 0.1) is 0 Å². The monoisotopic (exact) mass is 426 g/mol. The number of aryl methyl sites for hydroxylation is 1. The molecule has 1 amide bonds. The highest BCUT2D eigenvalue weighted by atomic mass is 19.4. The van der Waals surface area contributed by atoms with Gasteiger partial charge in [-0.1, -0.05) is 48.5 Å². The summed E-state index contributed by atoms with van der Waals surface area (Å²) >= 11 is 0. The van der Waals surface area contributed by atoms with Gasteiger partial charge in [-0.15, -0.1) is 0 Å². The van der Waals surface area contributed by atoms with Gasteiger partial charge in [-0.25, -0.2) is 4.68 Å². The second-order valence-electron chi connectivity index (χ2n) is 7.94. The molecule has 3 aromatic rings. The first-order valence-corrected chi connectivity index (χ1v) is 10.3. The van der Waals surface area contributed by atoms with Crippen LogP contribution in [-0.2, 0) is 6.42 Å². The van der Waals surface area contributed by atoms with Crippen molar-refractivity contribution in [1.29, 1.82) is 0 Å². The second kappa shape index (κ2) is 7.44. The van der Waals surface area contributed by atoms with Crippen LogP contribution in [0.1, 0.15) is 46.4 Å². The minimum absolute atomic E-state index is 0.121. The molecule has 0 fully saturated rings. The lowest BCUT2D eigenvalue weighted by molar-refractivity contribution is -0.173. The van der Waals surface area contributed by atoms with E-state index < -0.39 is 18.3 Å². The topological polar surface area (TPSA) is 50.2 Å². The molecule has 0 unspecified atom stereocenters. The summed E-state index contributed by atoms with van der Waals surface area (Å²) in [7, 11) is 0. The fourth-order valence-electron chi connectivity index (χ4n) is 4.51. The number of hydrogen-bond acceptors (Lipinski definition) is 3. The summed E-state index contributed by atoms with van der Waals surface area (Å²) in [5, 5.41) is 7.15. The Bertz CT molecular complexity index is 1110. The number of carbonyl (C=O) groups is 1. The van der Waals surface area contributed by atoms with E-state index >= 15 is 0 Å². The van der Waals surface area contributed by atoms with Crippen molar-refractivity contribution >= 4 is 17.4 Å². The Labute approximate surface area is 177 Å². The summed E-state index contributed by atoms with van der Waals surface area (Å²) in [6.45, 7) is 0.519. The van der Waals surface area contributed by atoms with E-state index in [1.165, 1.54) is 6.20 Å². The van der Waals surface area contributed by atoms with E-state index in [9.17, 15) is 18.0 Å². The number of anilines is 2. The molecular weight excluding hydrogens is 405 g/mol. The van der Waals surface area contributed by atoms with Crippen molar-refractivity contribution in [3.63, 3.8) is 0 Å². The minimum atomic E-state index is -4.48. The number of amides is 1. The molecular formula is C23H21F3N4O. The molecule has 5 nitrogen and oxygen atoms in total. The van der Waals surface area contributed by atoms with E-state index in [0.29, 0.717) is 6.54 Å². The fourth-order valence-corrected chi connectivity index (χ4v) is 4.51. The molecule has 2 aromatic carbocycles. The number of halogens is 3. The molecule has 0 bridgehead atoms. The zero-order chi connectivity index (χ0) is 21.6. The average molecular weight is 426 g/mol. The third kappa shape index (κ3) is 3.45. The zero-order valence-electron chi connectivity index (χ0n) is 16.6. The molecule has 0 aliphatic carbocycles. The molecule has 31 heavy (non-hydrogen) atoms. The number of aromatic nitrogens is 2. The van der Waals surface area contributed by atoms with Crippen LogP contribution < -0.4 is 10.2 Å². The fraction of sp³-hybridized carbons (Fsp3) is 0.304. The number of nitrogens with one attached hydrogen (secondary N) is 1. The van der Waals surface area contributed by atoms with E-state index in [4.69, 9.17) is 0 Å². The van der Waals surface area contributed by atoms with E-state index in [1.54, 1.807) is 29.2 Å². The van der Waals surface area contributed by atoms with Crippen LogP contribution in [0.5, 0.6) is 0 Å². The van der Waals surface area contributed by atoms with Crippen LogP contribution in [0.25, 0.3) is 0 Å². The standard InChI is InChI=1S/C23H21F3N4O/c24-23(25,26)20-13-18(15-7-2-1-3-8-15)28-21-17(14-27-30(20)21)22(31)29-12-6-10-16-9-4-5-11-19(16)29/h1-5,7-9,11,14,18,20,28H,6,10,12-13H2/t18-,20-/m1/s1. The third-order valence-electron chi connectivity index (χ3n) is 6.03. The van der Waals surface area contributed by atoms with Gasteiger partial charge in [-0.05, 0) is 30.0 Å². The van der Waals surface area contributed by atoms with Crippen molar-refractivity contribution in [2.45, 2.75) is 37.5 Å². The maximum absolute atomic E-state index is 13.9. The summed E-state index contributed by atoms with van der Waals surface area (Å²) in [6, 6.07) is 14.3. The molecule has 0 saturated heterocycles. The molecule has 2 atom stereocenters. The van der Waals surface area contributed by atoms with Crippen molar-refractivity contribution < 1.29 is 18.0 Å². The Morgan fingerprint density at radius 1 is 1.06 bits per heavy atom. The smallest absolute Gasteiger partial charge is 0.363 e. The predicted molar refractivity (Wildman–Crippen MR) is 111 cm³/mol. The van der Waals surface area contributed by atoms with Gasteiger partial charge in [0.2, 0.25) is 0 Å². The molecule has 1 aromatic heterocycles. The van der Waals surface area contributed by atoms with E-state index in [1.807, 2.05) is 30.3 Å². The average Bonchev–Trinajstić information content (AvgIpc) is 3.21. The third-order valence-corrected chi connectivity index (χ3v) is 6.03. The molecule has 0 radical (unpaired) electrons. The maximum Gasteiger partial charge on any atom is 0.410 e. The summed E-state index contributed by atoms with van der Waals surface area (Å²) in [5.41, 5.74) is 2.77. The number of nitrogens with zero attached hydrogens (tertiary/aromatic N) is 3. The Morgan fingerprint density at radius 3 is 2.58 bits per heavy atom. The Morgan fingerprint density at radius 2 is 1.81 bits per heavy atom. The number of para-hydroxylation sites is 1. The summed E-state index contributed by atoms with van der Waals surface area (Å²) in [5.74, 6) is -0.217. The quantitative estimate of drug-likeness (QED) is 0.618. The van der Waals surface area contributed by atoms with E-state index in [2.05, 4.69) is 10.4 Å². The second-order valence-corrected chi connectivity index (χ2v) is 7.94. The lowest BCUT2D eigenvalue weighted by Gasteiger charge is -2.34. The molecule has 5 rings (SSSR count). The number of hydrogen-bond donors (Lipinski definition) is 1. The largest absolute Gasteiger partial charge is 0.410 e. The predicted octanol–water partition coefficient (Wildman–Crippen LogP) is 5.14. The first-order chi connectivity index (χ1) is 14.9. The molecule has 1 N–H and O–H groups in total. The van der Waals surface area contributed by atoms with Gasteiger partial charge in [0.05, 0.1) is 12.2 Å². The maximum atomic E-state index is 13.9. The molecule has 2 aliphatic rings. The van der Waals surface area contributed by atoms with Crippen molar-refractivity contribution in [3.05, 3.63) is 77.5 Å². The summed E-state index contributed by atoms with van der Waals surface area (Å²) < 4.78 is 42.6. The molecule has 2 aliphatic heterocycles. The molecule has 3 heterocycles. The van der Waals surface area contributed by atoms with Gasteiger partial charge >= 0.3 is 6.18 Å². The lowest BCUT2D eigenvalue weighted by Crippen LogP contribution is -2.38. The van der Waals surface area contributed by atoms with Gasteiger partial charge < -0.3 is 10.2 Å². The number of alkyl halides is 3. The van der Waals surface area contributed by atoms with Gasteiger partial charge in [0.15, 0.2) is 6.04 Å². The van der Waals surface area contributed by atoms with Crippen molar-refractivity contribution in [2.24, 2.45) is 0 Å². The normalized spacial score (nSPS) is 20.5. The van der Waals surface area contributed by atoms with Crippen LogP contribution in [0.3, 0.4) is 0 Å². The highest BCUT2D eigenvalue weighted by molar-refractivity contribution is 6.09. The van der Waals surface area contributed by atoms with Crippen molar-refractivity contribution in [3.8, 4) is 0 Å². The highest BCUT2D eigenvalue weighted by Gasteiger charge is 2.47. The lowest BCUT2D eigenvalue weighted by atomic mass is 9.96. The highest BCUT2D eigenvalue weighted by Crippen LogP contribution is 2.44. The molecule has 0 spiro atoms. The molecule has 160 valence electrons. The number of fused-ring (bicyclic) bond motifs is 2. The molecule has 0 saturated carbocycles.